The second-order valence-electron chi connectivity index (χ2n) is 5.25. The summed E-state index contributed by atoms with van der Waals surface area (Å²) in [4.78, 5) is 1.13. The van der Waals surface area contributed by atoms with E-state index in [0.717, 1.165) is 43.5 Å². The van der Waals surface area contributed by atoms with Crippen LogP contribution in [-0.4, -0.2) is 39.4 Å². The summed E-state index contributed by atoms with van der Waals surface area (Å²) in [6, 6.07) is 3.71. The summed E-state index contributed by atoms with van der Waals surface area (Å²) in [5.74, 6) is 0. The minimum atomic E-state index is -3.27. The summed E-state index contributed by atoms with van der Waals surface area (Å²) < 4.78 is 27.5. The van der Waals surface area contributed by atoms with Gasteiger partial charge in [0.1, 0.15) is 4.21 Å². The fourth-order valence-electron chi connectivity index (χ4n) is 2.47. The Kier molecular flexibility index (Phi) is 6.01. The fraction of sp³-hybridized carbons (Fsp3) is 0.714. The molecule has 2 rings (SSSR count). The first-order valence-electron chi connectivity index (χ1n) is 7.38. The lowest BCUT2D eigenvalue weighted by atomic mass is 10.1. The van der Waals surface area contributed by atoms with Crippen LogP contribution < -0.4 is 5.32 Å². The van der Waals surface area contributed by atoms with Gasteiger partial charge in [0.15, 0.2) is 0 Å². The Bertz CT molecular complexity index is 503. The van der Waals surface area contributed by atoms with E-state index < -0.39 is 10.0 Å². The number of likely N-dealkylation sites (N-methyl/N-ethyl adjacent to an activating group) is 1. The summed E-state index contributed by atoms with van der Waals surface area (Å²) in [5.41, 5.74) is 0. The Morgan fingerprint density at radius 2 is 1.80 bits per heavy atom. The molecule has 0 aromatic carbocycles. The Labute approximate surface area is 126 Å². The van der Waals surface area contributed by atoms with E-state index in [0.29, 0.717) is 17.3 Å². The SMILES string of the molecule is CNCCc1ccc(S(=O)(=O)N2CCCCCCC2)s1. The molecule has 1 aliphatic rings. The molecule has 114 valence electrons. The van der Waals surface area contributed by atoms with Crippen LogP contribution in [0.2, 0.25) is 0 Å². The number of hydrogen-bond acceptors (Lipinski definition) is 4. The van der Waals surface area contributed by atoms with Gasteiger partial charge < -0.3 is 5.32 Å². The number of nitrogens with zero attached hydrogens (tertiary/aromatic N) is 1. The molecule has 0 unspecified atom stereocenters. The molecule has 1 fully saturated rings. The summed E-state index contributed by atoms with van der Waals surface area (Å²) in [6.45, 7) is 2.22. The largest absolute Gasteiger partial charge is 0.319 e. The van der Waals surface area contributed by atoms with Crippen molar-refractivity contribution in [3.63, 3.8) is 0 Å². The zero-order valence-corrected chi connectivity index (χ0v) is 13.7. The maximum Gasteiger partial charge on any atom is 0.252 e. The molecule has 1 aromatic heterocycles. The second kappa shape index (κ2) is 7.54. The van der Waals surface area contributed by atoms with Gasteiger partial charge in [0.05, 0.1) is 0 Å². The van der Waals surface area contributed by atoms with E-state index in [2.05, 4.69) is 5.32 Å². The highest BCUT2D eigenvalue weighted by Crippen LogP contribution is 2.26. The zero-order chi connectivity index (χ0) is 14.4. The molecule has 0 amide bonds. The molecule has 2 heterocycles. The maximum atomic E-state index is 12.7. The first-order valence-corrected chi connectivity index (χ1v) is 9.64. The molecular weight excluding hydrogens is 292 g/mol. The maximum absolute atomic E-state index is 12.7. The van der Waals surface area contributed by atoms with Gasteiger partial charge >= 0.3 is 0 Å². The molecule has 6 heteroatoms. The van der Waals surface area contributed by atoms with Gasteiger partial charge in [-0.2, -0.15) is 4.31 Å². The highest BCUT2D eigenvalue weighted by Gasteiger charge is 2.26. The lowest BCUT2D eigenvalue weighted by Gasteiger charge is -2.23. The smallest absolute Gasteiger partial charge is 0.252 e. The van der Waals surface area contributed by atoms with Gasteiger partial charge in [-0.05, 0) is 45.0 Å². The van der Waals surface area contributed by atoms with Crippen LogP contribution in [0.4, 0.5) is 0 Å². The van der Waals surface area contributed by atoms with E-state index in [9.17, 15) is 8.42 Å². The molecule has 0 atom stereocenters. The van der Waals surface area contributed by atoms with E-state index in [-0.39, 0.29) is 0 Å². The number of thiophene rings is 1. The van der Waals surface area contributed by atoms with Crippen molar-refractivity contribution < 1.29 is 8.42 Å². The predicted molar refractivity (Wildman–Crippen MR) is 83.8 cm³/mol. The van der Waals surface area contributed by atoms with Crippen LogP contribution in [0.5, 0.6) is 0 Å². The molecule has 0 spiro atoms. The lowest BCUT2D eigenvalue weighted by Crippen LogP contribution is -2.33. The Morgan fingerprint density at radius 1 is 1.15 bits per heavy atom. The van der Waals surface area contributed by atoms with Crippen molar-refractivity contribution in [1.82, 2.24) is 9.62 Å². The van der Waals surface area contributed by atoms with Gasteiger partial charge in [0.2, 0.25) is 0 Å². The number of rotatable bonds is 5. The van der Waals surface area contributed by atoms with Gasteiger partial charge in [-0.3, -0.25) is 0 Å². The van der Waals surface area contributed by atoms with Crippen molar-refractivity contribution in [1.29, 1.82) is 0 Å². The summed E-state index contributed by atoms with van der Waals surface area (Å²) >= 11 is 1.42. The monoisotopic (exact) mass is 316 g/mol. The molecular formula is C14H24N2O2S2. The molecule has 0 radical (unpaired) electrons. The first-order chi connectivity index (χ1) is 9.64. The minimum absolute atomic E-state index is 0.504. The minimum Gasteiger partial charge on any atom is -0.319 e. The van der Waals surface area contributed by atoms with Crippen LogP contribution in [0, 0.1) is 0 Å². The van der Waals surface area contributed by atoms with Crippen molar-refractivity contribution >= 4 is 21.4 Å². The van der Waals surface area contributed by atoms with Crippen molar-refractivity contribution in [3.05, 3.63) is 17.0 Å². The second-order valence-corrected chi connectivity index (χ2v) is 8.58. The van der Waals surface area contributed by atoms with Crippen LogP contribution in [-0.2, 0) is 16.4 Å². The Balaban J connectivity index is 2.09. The van der Waals surface area contributed by atoms with E-state index in [1.165, 1.54) is 17.8 Å². The van der Waals surface area contributed by atoms with Crippen molar-refractivity contribution in [3.8, 4) is 0 Å². The van der Waals surface area contributed by atoms with Gasteiger partial charge in [0.25, 0.3) is 10.0 Å². The quantitative estimate of drug-likeness (QED) is 0.908. The van der Waals surface area contributed by atoms with Crippen LogP contribution in [0.25, 0.3) is 0 Å². The molecule has 1 N–H and O–H groups in total. The van der Waals surface area contributed by atoms with Crippen LogP contribution in [0.15, 0.2) is 16.3 Å². The molecule has 0 bridgehead atoms. The highest BCUT2D eigenvalue weighted by atomic mass is 32.2. The normalized spacial score (nSPS) is 18.6. The molecule has 1 saturated heterocycles. The van der Waals surface area contributed by atoms with Crippen LogP contribution in [0.3, 0.4) is 0 Å². The van der Waals surface area contributed by atoms with Crippen LogP contribution in [0.1, 0.15) is 37.0 Å². The molecule has 0 aliphatic carbocycles. The standard InChI is InChI=1S/C14H24N2O2S2/c1-15-10-9-13-7-8-14(19-13)20(17,18)16-11-5-3-2-4-6-12-16/h7-8,15H,2-6,9-12H2,1H3. The van der Waals surface area contributed by atoms with Crippen molar-refractivity contribution in [2.24, 2.45) is 0 Å². The number of nitrogens with one attached hydrogen (secondary N) is 1. The number of sulfonamides is 1. The Hall–Kier alpha value is -0.430. The van der Waals surface area contributed by atoms with E-state index in [1.54, 1.807) is 10.4 Å². The fourth-order valence-corrected chi connectivity index (χ4v) is 5.49. The summed E-state index contributed by atoms with van der Waals surface area (Å²) in [5, 5.41) is 3.09. The van der Waals surface area contributed by atoms with Crippen molar-refractivity contribution in [2.45, 2.75) is 42.7 Å². The molecule has 4 nitrogen and oxygen atoms in total. The average Bonchev–Trinajstić information content (AvgIpc) is 2.84. The summed E-state index contributed by atoms with van der Waals surface area (Å²) in [7, 11) is -1.37. The zero-order valence-electron chi connectivity index (χ0n) is 12.1. The molecule has 1 aliphatic heterocycles. The van der Waals surface area contributed by atoms with Gasteiger partial charge in [0, 0.05) is 18.0 Å². The molecule has 20 heavy (non-hydrogen) atoms. The molecule has 0 saturated carbocycles. The highest BCUT2D eigenvalue weighted by molar-refractivity contribution is 7.91. The van der Waals surface area contributed by atoms with Crippen molar-refractivity contribution in [2.75, 3.05) is 26.7 Å². The van der Waals surface area contributed by atoms with Gasteiger partial charge in [-0.15, -0.1) is 11.3 Å². The topological polar surface area (TPSA) is 49.4 Å². The Morgan fingerprint density at radius 3 is 2.45 bits per heavy atom. The first kappa shape index (κ1) is 15.9. The summed E-state index contributed by atoms with van der Waals surface area (Å²) in [6.07, 6.45) is 6.37. The molecule has 1 aromatic rings. The predicted octanol–water partition coefficient (Wildman–Crippen LogP) is 2.46. The van der Waals surface area contributed by atoms with E-state index in [4.69, 9.17) is 0 Å². The lowest BCUT2D eigenvalue weighted by molar-refractivity contribution is 0.365. The third-order valence-electron chi connectivity index (χ3n) is 3.67. The van der Waals surface area contributed by atoms with Gasteiger partial charge in [-0.1, -0.05) is 19.3 Å². The number of hydrogen-bond donors (Lipinski definition) is 1. The van der Waals surface area contributed by atoms with E-state index in [1.807, 2.05) is 13.1 Å². The third kappa shape index (κ3) is 4.04. The average molecular weight is 316 g/mol. The van der Waals surface area contributed by atoms with Gasteiger partial charge in [-0.25, -0.2) is 8.42 Å². The van der Waals surface area contributed by atoms with E-state index >= 15 is 0 Å². The third-order valence-corrected chi connectivity index (χ3v) is 7.18. The van der Waals surface area contributed by atoms with Crippen LogP contribution >= 0.6 is 11.3 Å².